The van der Waals surface area contributed by atoms with Crippen LogP contribution in [0.15, 0.2) is 23.2 Å². The molecule has 0 spiro atoms. The number of hydrogen-bond acceptors (Lipinski definition) is 7. The number of nitrogens with one attached hydrogen (secondary N) is 1. The molecule has 0 radical (unpaired) electrons. The summed E-state index contributed by atoms with van der Waals surface area (Å²) in [6.07, 6.45) is 2.05. The van der Waals surface area contributed by atoms with Gasteiger partial charge in [-0.15, -0.1) is 0 Å². The number of thioether (sulfide) groups is 1. The zero-order chi connectivity index (χ0) is 18.7. The number of anilines is 1. The number of amides is 2. The topological polar surface area (TPSA) is 114 Å². The summed E-state index contributed by atoms with van der Waals surface area (Å²) in [6.45, 7) is 1.74. The normalized spacial score (nSPS) is 19.4. The van der Waals surface area contributed by atoms with Crippen LogP contribution in [0.2, 0.25) is 0 Å². The average Bonchev–Trinajstić information content (AvgIpc) is 3.25. The van der Waals surface area contributed by atoms with Crippen LogP contribution in [0.1, 0.15) is 19.3 Å². The van der Waals surface area contributed by atoms with E-state index in [-0.39, 0.29) is 23.7 Å². The lowest BCUT2D eigenvalue weighted by molar-refractivity contribution is -0.384. The molecule has 0 saturated carbocycles. The fourth-order valence-electron chi connectivity index (χ4n) is 2.82. The third-order valence-corrected chi connectivity index (χ3v) is 5.37. The number of likely N-dealkylation sites (tertiary alicyclic amines) is 1. The van der Waals surface area contributed by atoms with Gasteiger partial charge < -0.3 is 15.0 Å². The van der Waals surface area contributed by atoms with E-state index >= 15 is 0 Å². The van der Waals surface area contributed by atoms with E-state index in [4.69, 9.17) is 4.74 Å². The summed E-state index contributed by atoms with van der Waals surface area (Å²) >= 11 is 1.28. The minimum atomic E-state index is -0.595. The highest BCUT2D eigenvalue weighted by Gasteiger charge is 2.34. The van der Waals surface area contributed by atoms with Gasteiger partial charge in [0, 0.05) is 19.5 Å². The van der Waals surface area contributed by atoms with Gasteiger partial charge in [0.15, 0.2) is 5.17 Å². The monoisotopic (exact) mass is 378 g/mol. The van der Waals surface area contributed by atoms with Crippen molar-refractivity contribution < 1.29 is 19.2 Å². The molecule has 1 aromatic carbocycles. The number of ether oxygens (including phenoxy) is 1. The fourth-order valence-corrected chi connectivity index (χ4v) is 3.93. The second-order valence-electron chi connectivity index (χ2n) is 5.93. The molecule has 2 aliphatic heterocycles. The van der Waals surface area contributed by atoms with Crippen molar-refractivity contribution in [1.29, 1.82) is 0 Å². The van der Waals surface area contributed by atoms with Gasteiger partial charge in [0.25, 0.3) is 11.6 Å². The summed E-state index contributed by atoms with van der Waals surface area (Å²) in [6, 6.07) is 4.16. The van der Waals surface area contributed by atoms with Gasteiger partial charge in [-0.1, -0.05) is 11.8 Å². The van der Waals surface area contributed by atoms with E-state index < -0.39 is 16.1 Å². The molecule has 26 heavy (non-hydrogen) atoms. The smallest absolute Gasteiger partial charge is 0.296 e. The van der Waals surface area contributed by atoms with Crippen LogP contribution < -0.4 is 10.1 Å². The lowest BCUT2D eigenvalue weighted by atomic mass is 10.2. The molecule has 1 fully saturated rings. The Kier molecular flexibility index (Phi) is 5.40. The van der Waals surface area contributed by atoms with Crippen LogP contribution in [0, 0.1) is 10.1 Å². The van der Waals surface area contributed by atoms with Crippen LogP contribution in [-0.2, 0) is 9.59 Å². The van der Waals surface area contributed by atoms with Crippen molar-refractivity contribution in [2.24, 2.45) is 4.99 Å². The summed E-state index contributed by atoms with van der Waals surface area (Å²) < 4.78 is 4.96. The Morgan fingerprint density at radius 1 is 1.46 bits per heavy atom. The van der Waals surface area contributed by atoms with Crippen molar-refractivity contribution in [3.63, 3.8) is 0 Å². The highest BCUT2D eigenvalue weighted by Crippen LogP contribution is 2.31. The van der Waals surface area contributed by atoms with Crippen molar-refractivity contribution in [3.05, 3.63) is 28.3 Å². The molecule has 2 amide bonds. The lowest BCUT2D eigenvalue weighted by Crippen LogP contribution is -2.25. The second-order valence-corrected chi connectivity index (χ2v) is 7.10. The number of nitro groups is 1. The Morgan fingerprint density at radius 3 is 2.85 bits per heavy atom. The molecule has 138 valence electrons. The third kappa shape index (κ3) is 3.96. The number of benzene rings is 1. The summed E-state index contributed by atoms with van der Waals surface area (Å²) in [7, 11) is 1.40. The zero-order valence-corrected chi connectivity index (χ0v) is 15.0. The number of nitrogens with zero attached hydrogens (tertiary/aromatic N) is 3. The van der Waals surface area contributed by atoms with E-state index in [1.165, 1.54) is 37.1 Å². The zero-order valence-electron chi connectivity index (χ0n) is 14.1. The predicted molar refractivity (Wildman–Crippen MR) is 97.5 cm³/mol. The quantitative estimate of drug-likeness (QED) is 0.616. The van der Waals surface area contributed by atoms with E-state index in [0.29, 0.717) is 10.9 Å². The largest absolute Gasteiger partial charge is 0.496 e. The summed E-state index contributed by atoms with van der Waals surface area (Å²) in [5, 5.41) is 13.8. The van der Waals surface area contributed by atoms with Gasteiger partial charge in [-0.2, -0.15) is 4.99 Å². The van der Waals surface area contributed by atoms with E-state index in [0.717, 1.165) is 25.9 Å². The van der Waals surface area contributed by atoms with Crippen molar-refractivity contribution in [3.8, 4) is 5.75 Å². The maximum absolute atomic E-state index is 12.3. The Hall–Kier alpha value is -2.62. The first-order valence-corrected chi connectivity index (χ1v) is 9.02. The van der Waals surface area contributed by atoms with E-state index in [9.17, 15) is 19.7 Å². The second kappa shape index (κ2) is 7.73. The van der Waals surface area contributed by atoms with Crippen LogP contribution in [-0.4, -0.2) is 52.3 Å². The highest BCUT2D eigenvalue weighted by atomic mass is 32.2. The molecule has 3 rings (SSSR count). The van der Waals surface area contributed by atoms with Gasteiger partial charge >= 0.3 is 0 Å². The molecule has 0 aromatic heterocycles. The molecule has 10 heteroatoms. The van der Waals surface area contributed by atoms with E-state index in [1.807, 2.05) is 0 Å². The molecule has 1 saturated heterocycles. The highest BCUT2D eigenvalue weighted by molar-refractivity contribution is 8.15. The molecular weight excluding hydrogens is 360 g/mol. The van der Waals surface area contributed by atoms with Crippen LogP contribution in [0.25, 0.3) is 0 Å². The van der Waals surface area contributed by atoms with Crippen LogP contribution in [0.4, 0.5) is 11.4 Å². The SMILES string of the molecule is COc1ccc(NC(=O)CC2SC(N3CCCC3)=NC2=O)c([N+](=O)[O-])c1. The molecule has 2 heterocycles. The van der Waals surface area contributed by atoms with Gasteiger partial charge in [0.1, 0.15) is 16.7 Å². The molecule has 1 aromatic rings. The lowest BCUT2D eigenvalue weighted by Gasteiger charge is -2.16. The van der Waals surface area contributed by atoms with Gasteiger partial charge in [-0.25, -0.2) is 0 Å². The Balaban J connectivity index is 1.63. The predicted octanol–water partition coefficient (Wildman–Crippen LogP) is 2.03. The molecule has 1 atom stereocenters. The number of aliphatic imine (C=N–C) groups is 1. The van der Waals surface area contributed by atoms with Crippen LogP contribution in [0.5, 0.6) is 5.75 Å². The van der Waals surface area contributed by atoms with E-state index in [2.05, 4.69) is 15.2 Å². The molecule has 2 aliphatic rings. The molecule has 1 N–H and O–H groups in total. The van der Waals surface area contributed by atoms with Crippen molar-refractivity contribution >= 4 is 40.1 Å². The van der Waals surface area contributed by atoms with Crippen molar-refractivity contribution in [2.75, 3.05) is 25.5 Å². The Morgan fingerprint density at radius 2 is 2.19 bits per heavy atom. The minimum Gasteiger partial charge on any atom is -0.496 e. The number of methoxy groups -OCH3 is 1. The summed E-state index contributed by atoms with van der Waals surface area (Å²) in [5.41, 5.74) is -0.200. The molecule has 9 nitrogen and oxygen atoms in total. The number of rotatable bonds is 5. The maximum atomic E-state index is 12.3. The number of nitro benzene ring substituents is 1. The van der Waals surface area contributed by atoms with E-state index in [1.54, 1.807) is 0 Å². The van der Waals surface area contributed by atoms with Crippen molar-refractivity contribution in [2.45, 2.75) is 24.5 Å². The van der Waals surface area contributed by atoms with Gasteiger partial charge in [0.05, 0.1) is 18.1 Å². The van der Waals surface area contributed by atoms with Gasteiger partial charge in [0.2, 0.25) is 5.91 Å². The van der Waals surface area contributed by atoms with Gasteiger partial charge in [-0.3, -0.25) is 19.7 Å². The van der Waals surface area contributed by atoms with Gasteiger partial charge in [-0.05, 0) is 25.0 Å². The first-order chi connectivity index (χ1) is 12.5. The Bertz CT molecular complexity index is 776. The fraction of sp³-hybridized carbons (Fsp3) is 0.438. The third-order valence-electron chi connectivity index (χ3n) is 4.15. The minimum absolute atomic E-state index is 0.0666. The maximum Gasteiger partial charge on any atom is 0.296 e. The summed E-state index contributed by atoms with van der Waals surface area (Å²) in [5.74, 6) is -0.488. The standard InChI is InChI=1S/C16H18N4O5S/c1-25-10-4-5-11(12(8-10)20(23)24)17-14(21)9-13-15(22)18-16(26-13)19-6-2-3-7-19/h4-5,8,13H,2-3,6-7,9H2,1H3,(H,17,21). The molecule has 0 bridgehead atoms. The first kappa shape index (κ1) is 18.2. The number of carbonyl (C=O) groups excluding carboxylic acids is 2. The molecular formula is C16H18N4O5S. The average molecular weight is 378 g/mol. The Labute approximate surface area is 153 Å². The molecule has 0 aliphatic carbocycles. The van der Waals surface area contributed by atoms with Crippen LogP contribution in [0.3, 0.4) is 0 Å². The number of amidine groups is 1. The number of carbonyl (C=O) groups is 2. The molecule has 1 unspecified atom stereocenters. The van der Waals surface area contributed by atoms with Crippen LogP contribution >= 0.6 is 11.8 Å². The number of hydrogen-bond donors (Lipinski definition) is 1. The summed E-state index contributed by atoms with van der Waals surface area (Å²) in [4.78, 5) is 41.0. The first-order valence-electron chi connectivity index (χ1n) is 8.14. The van der Waals surface area contributed by atoms with Crippen molar-refractivity contribution in [1.82, 2.24) is 4.90 Å².